The molecule has 0 bridgehead atoms. The predicted molar refractivity (Wildman–Crippen MR) is 47.3 cm³/mol. The second-order valence-electron chi connectivity index (χ2n) is 2.94. The van der Waals surface area contributed by atoms with E-state index in [2.05, 4.69) is 0 Å². The third-order valence-corrected chi connectivity index (χ3v) is 1.92. The predicted octanol–water partition coefficient (Wildman–Crippen LogP) is 2.62. The molecule has 2 nitrogen and oxygen atoms in total. The van der Waals surface area contributed by atoms with Crippen LogP contribution in [0.1, 0.15) is 29.3 Å². The fourth-order valence-corrected chi connectivity index (χ4v) is 1.24. The van der Waals surface area contributed by atoms with Crippen molar-refractivity contribution in [3.8, 4) is 0 Å². The van der Waals surface area contributed by atoms with E-state index in [1.54, 1.807) is 6.92 Å². The number of carboxylic acids is 1. The summed E-state index contributed by atoms with van der Waals surface area (Å²) in [5.74, 6) is -3.02. The Morgan fingerprint density at radius 2 is 2.07 bits per heavy atom. The van der Waals surface area contributed by atoms with E-state index in [9.17, 15) is 13.6 Å². The van der Waals surface area contributed by atoms with Crippen molar-refractivity contribution in [2.45, 2.75) is 19.8 Å². The zero-order valence-electron chi connectivity index (χ0n) is 7.68. The van der Waals surface area contributed by atoms with Crippen LogP contribution in [0.4, 0.5) is 8.78 Å². The number of carbonyl (C=O) groups is 1. The first-order chi connectivity index (χ1) is 6.57. The minimum Gasteiger partial charge on any atom is -0.478 e. The first-order valence-electron chi connectivity index (χ1n) is 4.28. The highest BCUT2D eigenvalue weighted by Gasteiger charge is 2.16. The summed E-state index contributed by atoms with van der Waals surface area (Å²) in [6.45, 7) is 1.77. The molecule has 0 heterocycles. The van der Waals surface area contributed by atoms with Crippen molar-refractivity contribution in [3.05, 3.63) is 34.9 Å². The van der Waals surface area contributed by atoms with Gasteiger partial charge in [-0.2, -0.15) is 0 Å². The maximum atomic E-state index is 13.4. The molecule has 0 unspecified atom stereocenters. The van der Waals surface area contributed by atoms with Gasteiger partial charge in [0.1, 0.15) is 11.6 Å². The zero-order valence-corrected chi connectivity index (χ0v) is 7.68. The quantitative estimate of drug-likeness (QED) is 0.814. The summed E-state index contributed by atoms with van der Waals surface area (Å²) in [6, 6.07) is 1.92. The van der Waals surface area contributed by atoms with E-state index >= 15 is 0 Å². The van der Waals surface area contributed by atoms with E-state index in [-0.39, 0.29) is 12.0 Å². The Morgan fingerprint density at radius 1 is 1.43 bits per heavy atom. The molecule has 0 aliphatic carbocycles. The van der Waals surface area contributed by atoms with E-state index in [4.69, 9.17) is 5.11 Å². The average molecular weight is 200 g/mol. The van der Waals surface area contributed by atoms with Crippen LogP contribution in [0.25, 0.3) is 0 Å². The van der Waals surface area contributed by atoms with E-state index in [1.165, 1.54) is 0 Å². The largest absolute Gasteiger partial charge is 0.478 e. The van der Waals surface area contributed by atoms with Gasteiger partial charge in [-0.1, -0.05) is 13.3 Å². The van der Waals surface area contributed by atoms with Crippen LogP contribution >= 0.6 is 0 Å². The van der Waals surface area contributed by atoms with Gasteiger partial charge >= 0.3 is 5.97 Å². The van der Waals surface area contributed by atoms with E-state index in [1.807, 2.05) is 0 Å². The lowest BCUT2D eigenvalue weighted by Crippen LogP contribution is -2.05. The minimum absolute atomic E-state index is 0.146. The third-order valence-electron chi connectivity index (χ3n) is 1.92. The molecule has 0 radical (unpaired) electrons. The van der Waals surface area contributed by atoms with Crippen LogP contribution in [0.5, 0.6) is 0 Å². The third kappa shape index (κ3) is 1.89. The summed E-state index contributed by atoms with van der Waals surface area (Å²) in [6.07, 6.45) is 0.774. The van der Waals surface area contributed by atoms with Gasteiger partial charge in [-0.3, -0.25) is 0 Å². The van der Waals surface area contributed by atoms with Gasteiger partial charge in [0.2, 0.25) is 0 Å². The van der Waals surface area contributed by atoms with Gasteiger partial charge in [0.05, 0.1) is 5.56 Å². The molecular weight excluding hydrogens is 190 g/mol. The molecule has 0 aliphatic heterocycles. The van der Waals surface area contributed by atoms with Crippen molar-refractivity contribution in [1.82, 2.24) is 0 Å². The topological polar surface area (TPSA) is 37.3 Å². The van der Waals surface area contributed by atoms with Gasteiger partial charge in [0.25, 0.3) is 0 Å². The highest BCUT2D eigenvalue weighted by molar-refractivity contribution is 5.88. The maximum Gasteiger partial charge on any atom is 0.338 e. The second kappa shape index (κ2) is 4.17. The monoisotopic (exact) mass is 200 g/mol. The molecule has 1 N–H and O–H groups in total. The first-order valence-corrected chi connectivity index (χ1v) is 4.28. The molecular formula is C10H10F2O2. The van der Waals surface area contributed by atoms with E-state index in [0.29, 0.717) is 6.42 Å². The Labute approximate surface area is 80.2 Å². The summed E-state index contributed by atoms with van der Waals surface area (Å²) in [7, 11) is 0. The van der Waals surface area contributed by atoms with Crippen LogP contribution in [0.2, 0.25) is 0 Å². The Kier molecular flexibility index (Phi) is 3.17. The molecule has 0 amide bonds. The number of aromatic carboxylic acids is 1. The van der Waals surface area contributed by atoms with Crippen molar-refractivity contribution in [1.29, 1.82) is 0 Å². The summed E-state index contributed by atoms with van der Waals surface area (Å²) in [5, 5.41) is 8.59. The number of halogens is 2. The molecule has 14 heavy (non-hydrogen) atoms. The molecule has 0 aromatic heterocycles. The summed E-state index contributed by atoms with van der Waals surface area (Å²) in [5.41, 5.74) is -0.623. The SMILES string of the molecule is CCCc1c(F)ccc(C(=O)O)c1F. The molecule has 0 saturated heterocycles. The van der Waals surface area contributed by atoms with Crippen LogP contribution in [0, 0.1) is 11.6 Å². The summed E-state index contributed by atoms with van der Waals surface area (Å²) in [4.78, 5) is 10.5. The summed E-state index contributed by atoms with van der Waals surface area (Å²) < 4.78 is 26.4. The molecule has 1 rings (SSSR count). The van der Waals surface area contributed by atoms with Gasteiger partial charge in [0, 0.05) is 5.56 Å². The van der Waals surface area contributed by atoms with Crippen LogP contribution in [-0.4, -0.2) is 11.1 Å². The standard InChI is InChI=1S/C10H10F2O2/c1-2-3-6-8(11)5-4-7(9(6)12)10(13)14/h4-5H,2-3H2,1H3,(H,13,14). The first kappa shape index (κ1) is 10.6. The molecule has 1 aromatic carbocycles. The fraction of sp³-hybridized carbons (Fsp3) is 0.300. The van der Waals surface area contributed by atoms with Crippen LogP contribution in [0.15, 0.2) is 12.1 Å². The Morgan fingerprint density at radius 3 is 2.57 bits per heavy atom. The van der Waals surface area contributed by atoms with Crippen molar-refractivity contribution >= 4 is 5.97 Å². The van der Waals surface area contributed by atoms with Crippen molar-refractivity contribution in [2.24, 2.45) is 0 Å². The van der Waals surface area contributed by atoms with Gasteiger partial charge < -0.3 is 5.11 Å². The molecule has 0 saturated carbocycles. The fourth-order valence-electron chi connectivity index (χ4n) is 1.24. The zero-order chi connectivity index (χ0) is 10.7. The lowest BCUT2D eigenvalue weighted by molar-refractivity contribution is 0.0691. The van der Waals surface area contributed by atoms with Crippen LogP contribution < -0.4 is 0 Å². The van der Waals surface area contributed by atoms with Crippen molar-refractivity contribution in [2.75, 3.05) is 0 Å². The van der Waals surface area contributed by atoms with E-state index in [0.717, 1.165) is 12.1 Å². The molecule has 4 heteroatoms. The number of rotatable bonds is 3. The molecule has 76 valence electrons. The number of hydrogen-bond donors (Lipinski definition) is 1. The normalized spacial score (nSPS) is 10.2. The van der Waals surface area contributed by atoms with Crippen LogP contribution in [0.3, 0.4) is 0 Å². The number of benzene rings is 1. The lowest BCUT2D eigenvalue weighted by Gasteiger charge is -2.05. The van der Waals surface area contributed by atoms with Gasteiger partial charge in [-0.25, -0.2) is 13.6 Å². The Balaban J connectivity index is 3.26. The van der Waals surface area contributed by atoms with Gasteiger partial charge in [0.15, 0.2) is 0 Å². The molecule has 0 fully saturated rings. The number of carboxylic acid groups (broad SMARTS) is 1. The Bertz CT molecular complexity index is 361. The smallest absolute Gasteiger partial charge is 0.338 e. The summed E-state index contributed by atoms with van der Waals surface area (Å²) >= 11 is 0. The number of hydrogen-bond acceptors (Lipinski definition) is 1. The van der Waals surface area contributed by atoms with E-state index < -0.39 is 23.2 Å². The van der Waals surface area contributed by atoms with Crippen LogP contribution in [-0.2, 0) is 6.42 Å². The second-order valence-corrected chi connectivity index (χ2v) is 2.94. The average Bonchev–Trinajstić information content (AvgIpc) is 2.11. The lowest BCUT2D eigenvalue weighted by atomic mass is 10.0. The molecule has 1 aromatic rings. The van der Waals surface area contributed by atoms with Gasteiger partial charge in [-0.05, 0) is 18.6 Å². The molecule has 0 aliphatic rings. The Hall–Kier alpha value is -1.45. The highest BCUT2D eigenvalue weighted by atomic mass is 19.1. The van der Waals surface area contributed by atoms with Gasteiger partial charge in [-0.15, -0.1) is 0 Å². The van der Waals surface area contributed by atoms with Crippen molar-refractivity contribution < 1.29 is 18.7 Å². The molecule has 0 atom stereocenters. The molecule has 0 spiro atoms. The maximum absolute atomic E-state index is 13.4. The van der Waals surface area contributed by atoms with Crippen molar-refractivity contribution in [3.63, 3.8) is 0 Å². The highest BCUT2D eigenvalue weighted by Crippen LogP contribution is 2.18. The minimum atomic E-state index is -1.38.